The number of hydrogen-bond donors (Lipinski definition) is 9. The smallest absolute Gasteiger partial charge is 0.454 e. The third kappa shape index (κ3) is 14.4. The summed E-state index contributed by atoms with van der Waals surface area (Å²) >= 11 is 0.976. The Bertz CT molecular complexity index is 2350. The number of aliphatic hydroxyl groups excluding tert-OH is 2. The molecular formula is C33H44N7O19P3S. The molecule has 30 heteroatoms. The van der Waals surface area contributed by atoms with Crippen molar-refractivity contribution in [2.24, 2.45) is 5.41 Å². The number of imidazole rings is 1. The molecule has 2 aliphatic rings. The van der Waals surface area contributed by atoms with E-state index in [4.69, 9.17) is 29.0 Å². The van der Waals surface area contributed by atoms with Crippen LogP contribution in [0.2, 0.25) is 0 Å². The SMILES string of the molecule is CC(C)(COP(=O)(O)OP(=O)(O)OCC1OC(n2cnc3c(N)ncnc32)C(O)C1OP(=O)(O)O)C(O)C(=O)NCCC(=O)NCCSC(=O)C=CC=Cc1ccc2c(c1)OCO2. The van der Waals surface area contributed by atoms with Crippen LogP contribution in [0.25, 0.3) is 17.2 Å². The monoisotopic (exact) mass is 967 g/mol. The number of hydrogen-bond acceptors (Lipinski definition) is 20. The fraction of sp³-hybridized carbons (Fsp3) is 0.455. The largest absolute Gasteiger partial charge is 0.481 e. The van der Waals surface area contributed by atoms with Crippen molar-refractivity contribution in [3.63, 3.8) is 0 Å². The van der Waals surface area contributed by atoms with Crippen LogP contribution in [0.4, 0.5) is 5.82 Å². The van der Waals surface area contributed by atoms with Crippen molar-refractivity contribution < 1.29 is 90.0 Å². The highest BCUT2D eigenvalue weighted by atomic mass is 32.2. The maximum atomic E-state index is 12.7. The molecule has 63 heavy (non-hydrogen) atoms. The first kappa shape index (κ1) is 49.9. The number of rotatable bonds is 22. The van der Waals surface area contributed by atoms with Gasteiger partial charge in [0, 0.05) is 30.7 Å². The van der Waals surface area contributed by atoms with Crippen molar-refractivity contribution in [2.45, 2.75) is 50.9 Å². The summed E-state index contributed by atoms with van der Waals surface area (Å²) in [6.45, 7) is 0.532. The molecule has 7 atom stereocenters. The molecule has 1 aromatic carbocycles. The standard InChI is InChI=1S/C33H44N7O19P3S/c1-33(2,28(44)31(45)36-10-9-23(41)35-11-12-63-24(42)6-4-3-5-19-7-8-20-21(13-19)54-18-53-20)15-56-62(51,52)59-61(49,50)55-14-22-27(58-60(46,47)48)26(43)32(57-22)40-17-39-25-29(34)37-16-38-30(25)40/h3-8,13,16-17,22,26-28,32,43-44H,9-12,14-15,18H2,1-2H3,(H,35,41)(H,36,45)(H,49,50)(H,51,52)(H2,34,37,38)(H2,46,47,48). The Kier molecular flexibility index (Phi) is 16.8. The van der Waals surface area contributed by atoms with Crippen LogP contribution >= 0.6 is 35.2 Å². The zero-order chi connectivity index (χ0) is 46.2. The first-order valence-corrected chi connectivity index (χ1v) is 23.8. The molecule has 10 N–H and O–H groups in total. The van der Waals surface area contributed by atoms with Crippen LogP contribution in [0.15, 0.2) is 49.1 Å². The van der Waals surface area contributed by atoms with Crippen LogP contribution in [0.1, 0.15) is 32.1 Å². The number of allylic oxidation sites excluding steroid dienone is 2. The Balaban J connectivity index is 1.00. The second-order valence-corrected chi connectivity index (χ2v) is 19.4. The Morgan fingerprint density at radius 3 is 2.51 bits per heavy atom. The van der Waals surface area contributed by atoms with Gasteiger partial charge in [-0.05, 0) is 23.8 Å². The molecule has 5 rings (SSSR count). The lowest BCUT2D eigenvalue weighted by Crippen LogP contribution is -2.46. The van der Waals surface area contributed by atoms with Crippen molar-refractivity contribution in [3.8, 4) is 11.5 Å². The molecule has 26 nitrogen and oxygen atoms in total. The molecule has 1 fully saturated rings. The number of carbonyl (C=O) groups is 3. The van der Waals surface area contributed by atoms with Crippen molar-refractivity contribution in [1.29, 1.82) is 0 Å². The van der Waals surface area contributed by atoms with Gasteiger partial charge in [-0.15, -0.1) is 0 Å². The summed E-state index contributed by atoms with van der Waals surface area (Å²) in [6.07, 6.45) is -0.579. The maximum Gasteiger partial charge on any atom is 0.481 e. The number of aromatic nitrogens is 4. The number of anilines is 1. The highest BCUT2D eigenvalue weighted by molar-refractivity contribution is 8.14. The van der Waals surface area contributed by atoms with E-state index in [0.717, 1.165) is 34.5 Å². The number of nitrogen functional groups attached to an aromatic ring is 1. The third-order valence-electron chi connectivity index (χ3n) is 8.77. The van der Waals surface area contributed by atoms with E-state index in [-0.39, 0.29) is 54.2 Å². The van der Waals surface area contributed by atoms with E-state index in [9.17, 15) is 57.9 Å². The number of phosphoric acid groups is 3. The number of aliphatic hydroxyl groups is 2. The minimum absolute atomic E-state index is 0.0252. The number of nitrogens with two attached hydrogens (primary N) is 1. The van der Waals surface area contributed by atoms with Crippen LogP contribution in [0.3, 0.4) is 0 Å². The second-order valence-electron chi connectivity index (χ2n) is 14.1. The molecule has 7 unspecified atom stereocenters. The van der Waals surface area contributed by atoms with Gasteiger partial charge in [0.05, 0.1) is 19.5 Å². The Morgan fingerprint density at radius 2 is 1.76 bits per heavy atom. The predicted molar refractivity (Wildman–Crippen MR) is 218 cm³/mol. The molecule has 4 heterocycles. The van der Waals surface area contributed by atoms with Crippen LogP contribution in [-0.4, -0.2) is 130 Å². The van der Waals surface area contributed by atoms with Crippen molar-refractivity contribution in [2.75, 3.05) is 44.6 Å². The van der Waals surface area contributed by atoms with E-state index in [1.54, 1.807) is 30.4 Å². The third-order valence-corrected chi connectivity index (χ3v) is 12.7. The first-order valence-electron chi connectivity index (χ1n) is 18.3. The minimum Gasteiger partial charge on any atom is -0.454 e. The average Bonchev–Trinajstić information content (AvgIpc) is 3.93. The van der Waals surface area contributed by atoms with Gasteiger partial charge in [-0.2, -0.15) is 4.31 Å². The topological polar surface area (TPSA) is 382 Å². The normalized spacial score (nSPS) is 21.4. The summed E-state index contributed by atoms with van der Waals surface area (Å²) in [5.41, 5.74) is 5.10. The lowest BCUT2D eigenvalue weighted by molar-refractivity contribution is -0.137. The van der Waals surface area contributed by atoms with Gasteiger partial charge in [0.25, 0.3) is 0 Å². The summed E-state index contributed by atoms with van der Waals surface area (Å²) in [5, 5.41) is 26.2. The molecule has 3 aromatic rings. The molecule has 0 aliphatic carbocycles. The van der Waals surface area contributed by atoms with E-state index in [1.165, 1.54) is 19.9 Å². The number of ether oxygens (including phenoxy) is 3. The Labute approximate surface area is 361 Å². The minimum atomic E-state index is -5.59. The average molecular weight is 968 g/mol. The lowest BCUT2D eigenvalue weighted by Gasteiger charge is -2.30. The molecule has 2 amide bonds. The van der Waals surface area contributed by atoms with E-state index in [0.29, 0.717) is 11.5 Å². The summed E-state index contributed by atoms with van der Waals surface area (Å²) in [5.74, 6) is 0.0522. The van der Waals surface area contributed by atoms with Gasteiger partial charge in [-0.3, -0.25) is 32.5 Å². The quantitative estimate of drug-likeness (QED) is 0.0289. The van der Waals surface area contributed by atoms with Crippen molar-refractivity contribution >= 4 is 75.2 Å². The van der Waals surface area contributed by atoms with Gasteiger partial charge in [0.15, 0.2) is 29.2 Å². The van der Waals surface area contributed by atoms with E-state index in [1.807, 2.05) is 6.07 Å². The first-order chi connectivity index (χ1) is 29.5. The summed E-state index contributed by atoms with van der Waals surface area (Å²) in [4.78, 5) is 88.0. The summed E-state index contributed by atoms with van der Waals surface area (Å²) in [7, 11) is -16.4. The number of phosphoric ester groups is 3. The predicted octanol–water partition coefficient (Wildman–Crippen LogP) is 0.663. The van der Waals surface area contributed by atoms with E-state index >= 15 is 0 Å². The van der Waals surface area contributed by atoms with E-state index in [2.05, 4.69) is 34.4 Å². The number of benzene rings is 1. The Hall–Kier alpha value is -4.14. The summed E-state index contributed by atoms with van der Waals surface area (Å²) < 4.78 is 72.9. The second kappa shape index (κ2) is 21.2. The molecular weight excluding hydrogens is 923 g/mol. The number of thioether (sulfide) groups is 1. The van der Waals surface area contributed by atoms with Gasteiger partial charge in [0.2, 0.25) is 23.7 Å². The zero-order valence-corrected chi connectivity index (χ0v) is 36.6. The number of nitrogens with zero attached hydrogens (tertiary/aromatic N) is 4. The maximum absolute atomic E-state index is 12.7. The van der Waals surface area contributed by atoms with Gasteiger partial charge in [-0.1, -0.05) is 49.9 Å². The number of amides is 2. The van der Waals surface area contributed by atoms with Crippen LogP contribution in [-0.2, 0) is 50.7 Å². The molecule has 0 radical (unpaired) electrons. The highest BCUT2D eigenvalue weighted by Gasteiger charge is 2.50. The van der Waals surface area contributed by atoms with Gasteiger partial charge in [-0.25, -0.2) is 28.6 Å². The van der Waals surface area contributed by atoms with Crippen molar-refractivity contribution in [1.82, 2.24) is 30.2 Å². The van der Waals surface area contributed by atoms with Gasteiger partial charge >= 0.3 is 23.5 Å². The Morgan fingerprint density at radius 1 is 1.03 bits per heavy atom. The molecule has 2 aliphatic heterocycles. The van der Waals surface area contributed by atoms with Gasteiger partial charge < -0.3 is 60.4 Å². The number of carbonyl (C=O) groups excluding carboxylic acids is 3. The summed E-state index contributed by atoms with van der Waals surface area (Å²) in [6, 6.07) is 5.43. The fourth-order valence-corrected chi connectivity index (χ4v) is 9.06. The van der Waals surface area contributed by atoms with Gasteiger partial charge in [0.1, 0.15) is 36.3 Å². The van der Waals surface area contributed by atoms with Crippen LogP contribution in [0.5, 0.6) is 11.5 Å². The fourth-order valence-electron chi connectivity index (χ4n) is 5.65. The molecule has 2 aromatic heterocycles. The van der Waals surface area contributed by atoms with Crippen LogP contribution in [0, 0.1) is 5.41 Å². The number of nitrogens with one attached hydrogen (secondary N) is 2. The zero-order valence-electron chi connectivity index (χ0n) is 33.1. The lowest BCUT2D eigenvalue weighted by atomic mass is 9.87. The highest BCUT2D eigenvalue weighted by Crippen LogP contribution is 2.61. The molecule has 346 valence electrons. The molecule has 0 saturated carbocycles. The van der Waals surface area contributed by atoms with Crippen LogP contribution < -0.4 is 25.8 Å². The van der Waals surface area contributed by atoms with E-state index < -0.39 is 84.6 Å². The molecule has 0 bridgehead atoms. The number of fused-ring (bicyclic) bond motifs is 2. The van der Waals surface area contributed by atoms with Crippen molar-refractivity contribution in [3.05, 3.63) is 54.6 Å². The molecule has 1 saturated heterocycles. The molecule has 0 spiro atoms.